The second kappa shape index (κ2) is 7.58. The van der Waals surface area contributed by atoms with E-state index in [1.54, 1.807) is 0 Å². The maximum atomic E-state index is 6.02. The minimum Gasteiger partial charge on any atom is -0.373 e. The first-order chi connectivity index (χ1) is 9.51. The van der Waals surface area contributed by atoms with Gasteiger partial charge in [0.2, 0.25) is 0 Å². The normalized spacial score (nSPS) is 11.9. The zero-order valence-electron chi connectivity index (χ0n) is 13.8. The highest BCUT2D eigenvalue weighted by Gasteiger charge is 2.33. The highest BCUT2D eigenvalue weighted by Crippen LogP contribution is 2.31. The lowest BCUT2D eigenvalue weighted by molar-refractivity contribution is -0.0572. The fourth-order valence-corrected chi connectivity index (χ4v) is 2.46. The number of hydrogen-bond acceptors (Lipinski definition) is 4. The van der Waals surface area contributed by atoms with E-state index in [2.05, 4.69) is 38.0 Å². The molecule has 114 valence electrons. The van der Waals surface area contributed by atoms with Gasteiger partial charge >= 0.3 is 0 Å². The Labute approximate surface area is 123 Å². The van der Waals surface area contributed by atoms with Crippen LogP contribution in [0.1, 0.15) is 59.0 Å². The zero-order chi connectivity index (χ0) is 15.2. The molecule has 0 aromatic carbocycles. The Balaban J connectivity index is 3.25. The Kier molecular flexibility index (Phi) is 6.40. The second-order valence-electron chi connectivity index (χ2n) is 5.55. The molecule has 0 fully saturated rings. The molecule has 4 nitrogen and oxygen atoms in total. The number of ether oxygens (including phenoxy) is 1. The SMILES string of the molecule is CCOC(CC)(CC)c1nc(CC(C)C)cc(NC)n1. The van der Waals surface area contributed by atoms with Gasteiger partial charge in [-0.1, -0.05) is 27.7 Å². The van der Waals surface area contributed by atoms with Crippen LogP contribution in [0.15, 0.2) is 6.07 Å². The van der Waals surface area contributed by atoms with E-state index >= 15 is 0 Å². The standard InChI is InChI=1S/C16H29N3O/c1-7-16(8-2,20-9-3)15-18-13(10-12(4)5)11-14(17-6)19-15/h11-12H,7-10H2,1-6H3,(H,17,18,19). The lowest BCUT2D eigenvalue weighted by Gasteiger charge is -2.30. The third-order valence-electron chi connectivity index (χ3n) is 3.62. The van der Waals surface area contributed by atoms with Crippen molar-refractivity contribution in [3.05, 3.63) is 17.6 Å². The summed E-state index contributed by atoms with van der Waals surface area (Å²) in [5.74, 6) is 2.26. The van der Waals surface area contributed by atoms with Crippen LogP contribution in [-0.4, -0.2) is 23.6 Å². The van der Waals surface area contributed by atoms with Crippen LogP contribution < -0.4 is 5.32 Å². The topological polar surface area (TPSA) is 47.0 Å². The van der Waals surface area contributed by atoms with Gasteiger partial charge in [-0.15, -0.1) is 0 Å². The van der Waals surface area contributed by atoms with Gasteiger partial charge in [-0.05, 0) is 32.1 Å². The van der Waals surface area contributed by atoms with Crippen LogP contribution in [0.3, 0.4) is 0 Å². The molecule has 0 amide bonds. The largest absolute Gasteiger partial charge is 0.373 e. The Bertz CT molecular complexity index is 414. The van der Waals surface area contributed by atoms with Crippen molar-refractivity contribution >= 4 is 5.82 Å². The van der Waals surface area contributed by atoms with Crippen LogP contribution in [0.5, 0.6) is 0 Å². The van der Waals surface area contributed by atoms with Gasteiger partial charge in [0.1, 0.15) is 11.4 Å². The van der Waals surface area contributed by atoms with Crippen LogP contribution >= 0.6 is 0 Å². The number of nitrogens with zero attached hydrogens (tertiary/aromatic N) is 2. The van der Waals surface area contributed by atoms with Crippen molar-refractivity contribution in [2.75, 3.05) is 19.0 Å². The first-order valence-corrected chi connectivity index (χ1v) is 7.71. The molecule has 0 aliphatic heterocycles. The predicted octanol–water partition coefficient (Wildman–Crippen LogP) is 3.77. The maximum Gasteiger partial charge on any atom is 0.162 e. The average molecular weight is 279 g/mol. The highest BCUT2D eigenvalue weighted by atomic mass is 16.5. The highest BCUT2D eigenvalue weighted by molar-refractivity contribution is 5.36. The van der Waals surface area contributed by atoms with Gasteiger partial charge < -0.3 is 10.1 Å². The lowest BCUT2D eigenvalue weighted by Crippen LogP contribution is -2.31. The van der Waals surface area contributed by atoms with Crippen molar-refractivity contribution in [1.29, 1.82) is 0 Å². The van der Waals surface area contributed by atoms with Crippen LogP contribution in [0.2, 0.25) is 0 Å². The Morgan fingerprint density at radius 1 is 1.20 bits per heavy atom. The molecule has 20 heavy (non-hydrogen) atoms. The summed E-state index contributed by atoms with van der Waals surface area (Å²) >= 11 is 0. The molecule has 1 aromatic heterocycles. The molecule has 1 heterocycles. The molecular formula is C16H29N3O. The molecule has 0 aliphatic carbocycles. The summed E-state index contributed by atoms with van der Waals surface area (Å²) < 4.78 is 6.02. The first-order valence-electron chi connectivity index (χ1n) is 7.71. The summed E-state index contributed by atoms with van der Waals surface area (Å²) in [6, 6.07) is 2.03. The van der Waals surface area contributed by atoms with Gasteiger partial charge in [-0.2, -0.15) is 0 Å². The number of anilines is 1. The lowest BCUT2D eigenvalue weighted by atomic mass is 9.95. The van der Waals surface area contributed by atoms with E-state index in [4.69, 9.17) is 9.72 Å². The Morgan fingerprint density at radius 3 is 2.30 bits per heavy atom. The predicted molar refractivity (Wildman–Crippen MR) is 84.0 cm³/mol. The Hall–Kier alpha value is -1.16. The molecule has 0 bridgehead atoms. The molecular weight excluding hydrogens is 250 g/mol. The van der Waals surface area contributed by atoms with Crippen molar-refractivity contribution in [3.63, 3.8) is 0 Å². The molecule has 1 aromatic rings. The summed E-state index contributed by atoms with van der Waals surface area (Å²) in [7, 11) is 1.89. The second-order valence-corrected chi connectivity index (χ2v) is 5.55. The van der Waals surface area contributed by atoms with Crippen molar-refractivity contribution in [1.82, 2.24) is 9.97 Å². The molecule has 0 saturated carbocycles. The fraction of sp³-hybridized carbons (Fsp3) is 0.750. The summed E-state index contributed by atoms with van der Waals surface area (Å²) in [5, 5.41) is 3.14. The molecule has 0 aliphatic rings. The average Bonchev–Trinajstić information content (AvgIpc) is 2.43. The van der Waals surface area contributed by atoms with Crippen LogP contribution in [0, 0.1) is 5.92 Å². The van der Waals surface area contributed by atoms with Gasteiger partial charge in [-0.3, -0.25) is 0 Å². The van der Waals surface area contributed by atoms with Crippen LogP contribution in [0.4, 0.5) is 5.82 Å². The molecule has 0 spiro atoms. The van der Waals surface area contributed by atoms with Crippen molar-refractivity contribution in [2.24, 2.45) is 5.92 Å². The molecule has 0 atom stereocenters. The van der Waals surface area contributed by atoms with Gasteiger partial charge in [-0.25, -0.2) is 9.97 Å². The van der Waals surface area contributed by atoms with Crippen molar-refractivity contribution in [2.45, 2.75) is 59.5 Å². The maximum absolute atomic E-state index is 6.02. The quantitative estimate of drug-likeness (QED) is 0.787. The van der Waals surface area contributed by atoms with Crippen LogP contribution in [-0.2, 0) is 16.8 Å². The third kappa shape index (κ3) is 3.92. The van der Waals surface area contributed by atoms with E-state index in [0.717, 1.165) is 36.6 Å². The molecule has 0 saturated heterocycles. The van der Waals surface area contributed by atoms with E-state index in [1.807, 2.05) is 20.0 Å². The number of rotatable bonds is 8. The summed E-state index contributed by atoms with van der Waals surface area (Å²) in [4.78, 5) is 9.42. The molecule has 1 rings (SSSR count). The van der Waals surface area contributed by atoms with Gasteiger partial charge in [0, 0.05) is 25.4 Å². The summed E-state index contributed by atoms with van der Waals surface area (Å²) in [5.41, 5.74) is 0.716. The monoisotopic (exact) mass is 279 g/mol. The van der Waals surface area contributed by atoms with Crippen LogP contribution in [0.25, 0.3) is 0 Å². The van der Waals surface area contributed by atoms with Gasteiger partial charge in [0.25, 0.3) is 0 Å². The van der Waals surface area contributed by atoms with Gasteiger partial charge in [0.15, 0.2) is 5.82 Å². The molecule has 0 unspecified atom stereocenters. The van der Waals surface area contributed by atoms with Crippen molar-refractivity contribution < 1.29 is 4.74 Å². The zero-order valence-corrected chi connectivity index (χ0v) is 13.8. The van der Waals surface area contributed by atoms with Gasteiger partial charge in [0.05, 0.1) is 0 Å². The van der Waals surface area contributed by atoms with E-state index in [-0.39, 0.29) is 5.60 Å². The number of nitrogens with one attached hydrogen (secondary N) is 1. The molecule has 4 heteroatoms. The van der Waals surface area contributed by atoms with E-state index in [1.165, 1.54) is 0 Å². The number of hydrogen-bond donors (Lipinski definition) is 1. The minimum atomic E-state index is -0.368. The Morgan fingerprint density at radius 2 is 1.85 bits per heavy atom. The molecule has 0 radical (unpaired) electrons. The minimum absolute atomic E-state index is 0.368. The smallest absolute Gasteiger partial charge is 0.162 e. The van der Waals surface area contributed by atoms with Crippen molar-refractivity contribution in [3.8, 4) is 0 Å². The first kappa shape index (κ1) is 16.9. The number of aromatic nitrogens is 2. The van der Waals surface area contributed by atoms with E-state index in [9.17, 15) is 0 Å². The van der Waals surface area contributed by atoms with E-state index < -0.39 is 0 Å². The summed E-state index contributed by atoms with van der Waals surface area (Å²) in [6.45, 7) is 11.4. The molecule has 1 N–H and O–H groups in total. The summed E-state index contributed by atoms with van der Waals surface area (Å²) in [6.07, 6.45) is 2.72. The van der Waals surface area contributed by atoms with E-state index in [0.29, 0.717) is 12.5 Å². The third-order valence-corrected chi connectivity index (χ3v) is 3.62. The fourth-order valence-electron chi connectivity index (χ4n) is 2.46.